The third-order valence-corrected chi connectivity index (χ3v) is 2.69. The lowest BCUT2D eigenvalue weighted by Crippen LogP contribution is -2.47. The molecule has 6 heteroatoms. The van der Waals surface area contributed by atoms with Gasteiger partial charge in [0.2, 0.25) is 5.91 Å². The highest BCUT2D eigenvalue weighted by Gasteiger charge is 2.19. The van der Waals surface area contributed by atoms with Crippen LogP contribution in [-0.4, -0.2) is 18.0 Å². The second kappa shape index (κ2) is 5.68. The number of carbonyl (C=O) groups is 2. The maximum Gasteiger partial charge on any atom is 0.318 e. The Bertz CT molecular complexity index is 453. The van der Waals surface area contributed by atoms with E-state index in [2.05, 4.69) is 5.32 Å². The Morgan fingerprint density at radius 3 is 2.39 bits per heavy atom. The number of amides is 3. The third-order valence-electron chi connectivity index (χ3n) is 2.69. The van der Waals surface area contributed by atoms with Crippen molar-refractivity contribution in [2.24, 2.45) is 5.73 Å². The van der Waals surface area contributed by atoms with E-state index in [4.69, 9.17) is 10.2 Å². The first-order valence-electron chi connectivity index (χ1n) is 5.74. The number of imide groups is 1. The molecule has 0 saturated carbocycles. The molecule has 18 heavy (non-hydrogen) atoms. The SMILES string of the molecule is Cc1cc(C(C)NC(C)C(=O)NC(N)=O)c(C)o1. The van der Waals surface area contributed by atoms with Gasteiger partial charge in [-0.05, 0) is 33.8 Å². The Kier molecular flexibility index (Phi) is 4.49. The van der Waals surface area contributed by atoms with E-state index < -0.39 is 18.0 Å². The summed E-state index contributed by atoms with van der Waals surface area (Å²) in [7, 11) is 0. The number of urea groups is 1. The van der Waals surface area contributed by atoms with Gasteiger partial charge >= 0.3 is 6.03 Å². The molecule has 0 saturated heterocycles. The van der Waals surface area contributed by atoms with E-state index in [9.17, 15) is 9.59 Å². The van der Waals surface area contributed by atoms with Gasteiger partial charge in [0.1, 0.15) is 11.5 Å². The fraction of sp³-hybridized carbons (Fsp3) is 0.500. The number of hydrogen-bond donors (Lipinski definition) is 3. The number of rotatable bonds is 4. The summed E-state index contributed by atoms with van der Waals surface area (Å²) < 4.78 is 5.43. The predicted molar refractivity (Wildman–Crippen MR) is 66.9 cm³/mol. The molecule has 0 aliphatic heterocycles. The van der Waals surface area contributed by atoms with Gasteiger partial charge in [-0.1, -0.05) is 0 Å². The Morgan fingerprint density at radius 1 is 1.33 bits per heavy atom. The molecule has 1 rings (SSSR count). The number of nitrogens with two attached hydrogens (primary N) is 1. The molecule has 4 N–H and O–H groups in total. The topological polar surface area (TPSA) is 97.4 Å². The average molecular weight is 253 g/mol. The molecule has 0 spiro atoms. The van der Waals surface area contributed by atoms with Crippen molar-refractivity contribution in [2.45, 2.75) is 39.8 Å². The van der Waals surface area contributed by atoms with Crippen LogP contribution in [0.2, 0.25) is 0 Å². The molecule has 0 bridgehead atoms. The molecule has 1 aromatic rings. The maximum absolute atomic E-state index is 11.5. The Hall–Kier alpha value is -1.82. The average Bonchev–Trinajstić information content (AvgIpc) is 2.56. The summed E-state index contributed by atoms with van der Waals surface area (Å²) in [5, 5.41) is 5.11. The lowest BCUT2D eigenvalue weighted by Gasteiger charge is -2.18. The molecule has 0 aliphatic carbocycles. The van der Waals surface area contributed by atoms with Crippen LogP contribution in [0.3, 0.4) is 0 Å². The van der Waals surface area contributed by atoms with Gasteiger partial charge in [0.15, 0.2) is 0 Å². The van der Waals surface area contributed by atoms with Crippen LogP contribution in [-0.2, 0) is 4.79 Å². The highest BCUT2D eigenvalue weighted by molar-refractivity contribution is 5.96. The normalized spacial score (nSPS) is 14.0. The van der Waals surface area contributed by atoms with Gasteiger partial charge in [0, 0.05) is 11.6 Å². The van der Waals surface area contributed by atoms with Gasteiger partial charge in [-0.15, -0.1) is 0 Å². The van der Waals surface area contributed by atoms with E-state index in [0.29, 0.717) is 0 Å². The van der Waals surface area contributed by atoms with Crippen LogP contribution in [0.25, 0.3) is 0 Å². The van der Waals surface area contributed by atoms with Gasteiger partial charge in [-0.2, -0.15) is 0 Å². The maximum atomic E-state index is 11.5. The number of aryl methyl sites for hydroxylation is 2. The second-order valence-corrected chi connectivity index (χ2v) is 4.33. The van der Waals surface area contributed by atoms with E-state index in [1.165, 1.54) is 0 Å². The predicted octanol–water partition coefficient (Wildman–Crippen LogP) is 1.13. The lowest BCUT2D eigenvalue weighted by atomic mass is 10.1. The number of primary amides is 1. The zero-order chi connectivity index (χ0) is 13.9. The van der Waals surface area contributed by atoms with Crippen molar-refractivity contribution < 1.29 is 14.0 Å². The van der Waals surface area contributed by atoms with Gasteiger partial charge in [-0.3, -0.25) is 15.4 Å². The molecule has 0 fully saturated rings. The molecule has 1 heterocycles. The Labute approximate surface area is 106 Å². The first-order valence-corrected chi connectivity index (χ1v) is 5.74. The zero-order valence-electron chi connectivity index (χ0n) is 11.0. The number of carbonyl (C=O) groups excluding carboxylic acids is 2. The summed E-state index contributed by atoms with van der Waals surface area (Å²) in [6.07, 6.45) is 0. The van der Waals surface area contributed by atoms with Crippen molar-refractivity contribution in [3.05, 3.63) is 23.2 Å². The summed E-state index contributed by atoms with van der Waals surface area (Å²) in [6, 6.07) is 0.487. The molecule has 0 aliphatic rings. The van der Waals surface area contributed by atoms with Crippen LogP contribution in [0.1, 0.15) is 37.0 Å². The van der Waals surface area contributed by atoms with Crippen molar-refractivity contribution in [3.63, 3.8) is 0 Å². The van der Waals surface area contributed by atoms with Gasteiger partial charge < -0.3 is 10.2 Å². The summed E-state index contributed by atoms with van der Waals surface area (Å²) in [5.74, 6) is 1.19. The van der Waals surface area contributed by atoms with Crippen LogP contribution in [0.15, 0.2) is 10.5 Å². The van der Waals surface area contributed by atoms with E-state index in [1.807, 2.05) is 32.2 Å². The van der Waals surface area contributed by atoms with Crippen LogP contribution in [0.4, 0.5) is 4.79 Å². The second-order valence-electron chi connectivity index (χ2n) is 4.33. The van der Waals surface area contributed by atoms with Crippen molar-refractivity contribution in [2.75, 3.05) is 0 Å². The lowest BCUT2D eigenvalue weighted by molar-refractivity contribution is -0.121. The van der Waals surface area contributed by atoms with Gasteiger partial charge in [-0.25, -0.2) is 4.79 Å². The molecule has 100 valence electrons. The Morgan fingerprint density at radius 2 is 1.94 bits per heavy atom. The quantitative estimate of drug-likeness (QED) is 0.749. The monoisotopic (exact) mass is 253 g/mol. The minimum Gasteiger partial charge on any atom is -0.466 e. The molecule has 0 aromatic carbocycles. The molecule has 2 atom stereocenters. The zero-order valence-corrected chi connectivity index (χ0v) is 11.0. The van der Waals surface area contributed by atoms with E-state index in [0.717, 1.165) is 17.1 Å². The molecular weight excluding hydrogens is 234 g/mol. The first kappa shape index (κ1) is 14.2. The minimum atomic E-state index is -0.850. The standard InChI is InChI=1S/C12H19N3O3/c1-6-5-10(9(4)18-6)7(2)14-8(3)11(16)15-12(13)17/h5,7-8,14H,1-4H3,(H3,13,15,16,17). The molecular formula is C12H19N3O3. The molecule has 2 unspecified atom stereocenters. The van der Waals surface area contributed by atoms with Crippen LogP contribution in [0, 0.1) is 13.8 Å². The van der Waals surface area contributed by atoms with E-state index >= 15 is 0 Å². The summed E-state index contributed by atoms with van der Waals surface area (Å²) in [4.78, 5) is 22.1. The van der Waals surface area contributed by atoms with E-state index in [1.54, 1.807) is 6.92 Å². The van der Waals surface area contributed by atoms with Gasteiger partial charge in [0.05, 0.1) is 6.04 Å². The van der Waals surface area contributed by atoms with E-state index in [-0.39, 0.29) is 6.04 Å². The van der Waals surface area contributed by atoms with Crippen molar-refractivity contribution in [3.8, 4) is 0 Å². The summed E-state index contributed by atoms with van der Waals surface area (Å²) in [6.45, 7) is 7.32. The fourth-order valence-corrected chi connectivity index (χ4v) is 1.85. The van der Waals surface area contributed by atoms with Crippen LogP contribution in [0.5, 0.6) is 0 Å². The smallest absolute Gasteiger partial charge is 0.318 e. The Balaban J connectivity index is 2.64. The van der Waals surface area contributed by atoms with Crippen molar-refractivity contribution in [1.29, 1.82) is 0 Å². The van der Waals surface area contributed by atoms with Gasteiger partial charge in [0.25, 0.3) is 0 Å². The van der Waals surface area contributed by atoms with Crippen LogP contribution < -0.4 is 16.4 Å². The molecule has 3 amide bonds. The minimum absolute atomic E-state index is 0.0592. The highest BCUT2D eigenvalue weighted by Crippen LogP contribution is 2.21. The number of nitrogens with one attached hydrogen (secondary N) is 2. The molecule has 6 nitrogen and oxygen atoms in total. The summed E-state index contributed by atoms with van der Waals surface area (Å²) >= 11 is 0. The number of hydrogen-bond acceptors (Lipinski definition) is 4. The molecule has 1 aromatic heterocycles. The van der Waals surface area contributed by atoms with Crippen LogP contribution >= 0.6 is 0 Å². The molecule has 0 radical (unpaired) electrons. The fourth-order valence-electron chi connectivity index (χ4n) is 1.85. The van der Waals surface area contributed by atoms with Crippen molar-refractivity contribution >= 4 is 11.9 Å². The first-order chi connectivity index (χ1) is 8.31. The summed E-state index contributed by atoms with van der Waals surface area (Å²) in [5.41, 5.74) is 5.88. The highest BCUT2D eigenvalue weighted by atomic mass is 16.3. The van der Waals surface area contributed by atoms with Crippen molar-refractivity contribution in [1.82, 2.24) is 10.6 Å². The largest absolute Gasteiger partial charge is 0.466 e. The third kappa shape index (κ3) is 3.59. The number of furan rings is 1.